The van der Waals surface area contributed by atoms with Gasteiger partial charge in [-0.25, -0.2) is 9.59 Å². The van der Waals surface area contributed by atoms with Crippen LogP contribution in [0.15, 0.2) is 0 Å². The average molecular weight is 219 g/mol. The zero-order valence-corrected chi connectivity index (χ0v) is 8.11. The van der Waals surface area contributed by atoms with Crippen LogP contribution in [0, 0.1) is 0 Å². The Hall–Kier alpha value is -1.83. The van der Waals surface area contributed by atoms with Gasteiger partial charge in [0.15, 0.2) is 6.04 Å². The molecule has 8 nitrogen and oxygen atoms in total. The van der Waals surface area contributed by atoms with Gasteiger partial charge in [-0.15, -0.1) is 0 Å². The third-order valence-corrected chi connectivity index (χ3v) is 1.47. The highest BCUT2D eigenvalue weighted by molar-refractivity contribution is 5.86. The number of aliphatic hydroxyl groups is 1. The zero-order chi connectivity index (χ0) is 11.8. The van der Waals surface area contributed by atoms with E-state index in [2.05, 4.69) is 10.6 Å². The number of aliphatic carboxylic acids is 1. The molecule has 0 aliphatic heterocycles. The van der Waals surface area contributed by atoms with Gasteiger partial charge in [-0.1, -0.05) is 0 Å². The fourth-order valence-electron chi connectivity index (χ4n) is 0.644. The van der Waals surface area contributed by atoms with Gasteiger partial charge in [0.25, 0.3) is 0 Å². The lowest BCUT2D eigenvalue weighted by Gasteiger charge is -2.11. The molecule has 0 unspecified atom stereocenters. The van der Waals surface area contributed by atoms with Crippen LogP contribution in [-0.4, -0.2) is 54.4 Å². The maximum atomic E-state index is 11.0. The quantitative estimate of drug-likeness (QED) is 0.348. The van der Waals surface area contributed by atoms with E-state index in [0.29, 0.717) is 0 Å². The topological polar surface area (TPSA) is 128 Å². The van der Waals surface area contributed by atoms with Crippen molar-refractivity contribution >= 4 is 17.9 Å². The molecule has 0 aliphatic rings. The third kappa shape index (κ3) is 5.47. The Kier molecular flexibility index (Phi) is 5.79. The lowest BCUT2D eigenvalue weighted by atomic mass is 10.3. The first kappa shape index (κ1) is 13.2. The molecule has 5 N–H and O–H groups in total. The molecule has 0 aliphatic carbocycles. The summed E-state index contributed by atoms with van der Waals surface area (Å²) in [6, 6.07) is -2.21. The van der Waals surface area contributed by atoms with E-state index in [1.807, 2.05) is 5.32 Å². The molecule has 15 heavy (non-hydrogen) atoms. The molecule has 0 heterocycles. The Morgan fingerprint density at radius 1 is 1.33 bits per heavy atom. The molecule has 0 spiro atoms. The second-order valence-corrected chi connectivity index (χ2v) is 2.57. The minimum atomic E-state index is -1.38. The Morgan fingerprint density at radius 2 is 1.93 bits per heavy atom. The van der Waals surface area contributed by atoms with Crippen LogP contribution in [0.4, 0.5) is 4.79 Å². The van der Waals surface area contributed by atoms with Gasteiger partial charge in [0.1, 0.15) is 0 Å². The van der Waals surface area contributed by atoms with Crippen LogP contribution in [0.1, 0.15) is 0 Å². The number of amides is 3. The van der Waals surface area contributed by atoms with Crippen LogP contribution in [0.25, 0.3) is 0 Å². The number of carbonyl (C=O) groups excluding carboxylic acids is 2. The van der Waals surface area contributed by atoms with E-state index < -0.39 is 30.6 Å². The van der Waals surface area contributed by atoms with E-state index in [4.69, 9.17) is 10.2 Å². The maximum absolute atomic E-state index is 11.0. The predicted octanol–water partition coefficient (Wildman–Crippen LogP) is -2.52. The SMILES string of the molecule is CNC(=O)CNC(=O)N[C@H](CO)C(=O)O. The van der Waals surface area contributed by atoms with E-state index in [9.17, 15) is 14.4 Å². The predicted molar refractivity (Wildman–Crippen MR) is 49.1 cm³/mol. The number of likely N-dealkylation sites (N-methyl/N-ethyl adjacent to an activating group) is 1. The van der Waals surface area contributed by atoms with Crippen molar-refractivity contribution in [3.8, 4) is 0 Å². The summed E-state index contributed by atoms with van der Waals surface area (Å²) in [7, 11) is 1.40. The van der Waals surface area contributed by atoms with Crippen LogP contribution < -0.4 is 16.0 Å². The Balaban J connectivity index is 3.91. The van der Waals surface area contributed by atoms with E-state index in [0.717, 1.165) is 0 Å². The molecule has 0 aromatic heterocycles. The van der Waals surface area contributed by atoms with Gasteiger partial charge in [-0.05, 0) is 0 Å². The molecule has 0 fully saturated rings. The highest BCUT2D eigenvalue weighted by Crippen LogP contribution is 1.81. The lowest BCUT2D eigenvalue weighted by Crippen LogP contribution is -2.49. The van der Waals surface area contributed by atoms with Gasteiger partial charge in [0.05, 0.1) is 13.2 Å². The summed E-state index contributed by atoms with van der Waals surface area (Å²) in [5.41, 5.74) is 0. The molecular formula is C7H13N3O5. The van der Waals surface area contributed by atoms with E-state index in [-0.39, 0.29) is 6.54 Å². The summed E-state index contributed by atoms with van der Waals surface area (Å²) in [5.74, 6) is -1.77. The van der Waals surface area contributed by atoms with Gasteiger partial charge in [-0.2, -0.15) is 0 Å². The molecule has 0 rings (SSSR count). The first-order valence-electron chi connectivity index (χ1n) is 4.09. The van der Waals surface area contributed by atoms with Crippen molar-refractivity contribution in [2.45, 2.75) is 6.04 Å². The minimum Gasteiger partial charge on any atom is -0.480 e. The average Bonchev–Trinajstić information content (AvgIpc) is 2.21. The maximum Gasteiger partial charge on any atom is 0.328 e. The molecule has 0 aromatic carbocycles. The molecule has 0 saturated carbocycles. The summed E-state index contributed by atoms with van der Waals surface area (Å²) < 4.78 is 0. The van der Waals surface area contributed by atoms with Crippen molar-refractivity contribution in [1.29, 1.82) is 0 Å². The molecule has 0 aromatic rings. The number of carboxylic acid groups (broad SMARTS) is 1. The zero-order valence-electron chi connectivity index (χ0n) is 8.11. The van der Waals surface area contributed by atoms with Crippen LogP contribution in [0.3, 0.4) is 0 Å². The summed E-state index contributed by atoms with van der Waals surface area (Å²) in [6.45, 7) is -0.983. The van der Waals surface area contributed by atoms with Crippen LogP contribution in [0.5, 0.6) is 0 Å². The Bertz CT molecular complexity index is 255. The highest BCUT2D eigenvalue weighted by atomic mass is 16.4. The molecule has 0 saturated heterocycles. The van der Waals surface area contributed by atoms with Gasteiger partial charge >= 0.3 is 12.0 Å². The van der Waals surface area contributed by atoms with Crippen molar-refractivity contribution in [1.82, 2.24) is 16.0 Å². The largest absolute Gasteiger partial charge is 0.480 e. The van der Waals surface area contributed by atoms with Crippen molar-refractivity contribution in [3.63, 3.8) is 0 Å². The number of hydrogen-bond donors (Lipinski definition) is 5. The first-order valence-corrected chi connectivity index (χ1v) is 4.09. The number of nitrogens with one attached hydrogen (secondary N) is 3. The van der Waals surface area contributed by atoms with E-state index >= 15 is 0 Å². The summed E-state index contributed by atoms with van der Waals surface area (Å²) >= 11 is 0. The number of aliphatic hydroxyl groups excluding tert-OH is 1. The second kappa shape index (κ2) is 6.60. The fourth-order valence-corrected chi connectivity index (χ4v) is 0.644. The Labute approximate surface area is 85.7 Å². The number of urea groups is 1. The number of carbonyl (C=O) groups is 3. The number of carboxylic acids is 1. The van der Waals surface area contributed by atoms with Crippen LogP contribution in [0.2, 0.25) is 0 Å². The molecular weight excluding hydrogens is 206 g/mol. The van der Waals surface area contributed by atoms with Crippen LogP contribution in [-0.2, 0) is 9.59 Å². The second-order valence-electron chi connectivity index (χ2n) is 2.57. The van der Waals surface area contributed by atoms with E-state index in [1.165, 1.54) is 7.05 Å². The summed E-state index contributed by atoms with van der Waals surface area (Å²) in [4.78, 5) is 32.0. The summed E-state index contributed by atoms with van der Waals surface area (Å²) in [5, 5.41) is 23.4. The standard InChI is InChI=1S/C7H13N3O5/c1-8-5(12)2-9-7(15)10-4(3-11)6(13)14/h4,11H,2-3H2,1H3,(H,8,12)(H,13,14)(H2,9,10,15)/t4-/m1/s1. The Morgan fingerprint density at radius 3 is 2.33 bits per heavy atom. The minimum absolute atomic E-state index is 0.264. The summed E-state index contributed by atoms with van der Waals surface area (Å²) in [6.07, 6.45) is 0. The number of rotatable bonds is 5. The smallest absolute Gasteiger partial charge is 0.328 e. The molecule has 0 bridgehead atoms. The molecule has 0 radical (unpaired) electrons. The molecule has 8 heteroatoms. The van der Waals surface area contributed by atoms with Gasteiger partial charge in [0.2, 0.25) is 5.91 Å². The molecule has 3 amide bonds. The normalized spacial score (nSPS) is 11.3. The van der Waals surface area contributed by atoms with Crippen molar-refractivity contribution in [2.75, 3.05) is 20.2 Å². The highest BCUT2D eigenvalue weighted by Gasteiger charge is 2.18. The monoisotopic (exact) mass is 219 g/mol. The van der Waals surface area contributed by atoms with Crippen LogP contribution >= 0.6 is 0 Å². The molecule has 1 atom stereocenters. The van der Waals surface area contributed by atoms with Crippen molar-refractivity contribution < 1.29 is 24.6 Å². The van der Waals surface area contributed by atoms with Gasteiger partial charge in [-0.3, -0.25) is 4.79 Å². The van der Waals surface area contributed by atoms with Gasteiger partial charge < -0.3 is 26.2 Å². The van der Waals surface area contributed by atoms with Gasteiger partial charge in [0, 0.05) is 7.05 Å². The third-order valence-electron chi connectivity index (χ3n) is 1.47. The van der Waals surface area contributed by atoms with Crippen molar-refractivity contribution in [2.24, 2.45) is 0 Å². The van der Waals surface area contributed by atoms with E-state index in [1.54, 1.807) is 0 Å². The first-order chi connectivity index (χ1) is 7.01. The fraction of sp³-hybridized carbons (Fsp3) is 0.571. The molecule has 86 valence electrons. The number of hydrogen-bond acceptors (Lipinski definition) is 4. The van der Waals surface area contributed by atoms with Crippen molar-refractivity contribution in [3.05, 3.63) is 0 Å². The lowest BCUT2D eigenvalue weighted by molar-refractivity contribution is -0.140.